The van der Waals surface area contributed by atoms with Crippen LogP contribution in [0.5, 0.6) is 5.75 Å². The van der Waals surface area contributed by atoms with Crippen LogP contribution in [0.1, 0.15) is 5.69 Å². The number of phenolic OH excluding ortho intramolecular Hbond substituents is 1. The number of anilines is 2. The monoisotopic (exact) mass is 278 g/mol. The molecule has 1 aromatic carbocycles. The Hall–Kier alpha value is -3.40. The molecule has 0 saturated carbocycles. The van der Waals surface area contributed by atoms with Crippen molar-refractivity contribution in [2.75, 3.05) is 5.32 Å². The highest BCUT2D eigenvalue weighted by molar-refractivity contribution is 5.69. The van der Waals surface area contributed by atoms with E-state index in [1.54, 1.807) is 24.3 Å². The predicted octanol–water partition coefficient (Wildman–Crippen LogP) is 2.19. The maximum Gasteiger partial charge on any atom is 0.158 e. The molecule has 21 heavy (non-hydrogen) atoms. The van der Waals surface area contributed by atoms with Crippen molar-refractivity contribution in [3.8, 4) is 23.1 Å². The highest BCUT2D eigenvalue weighted by Crippen LogP contribution is 2.28. The third kappa shape index (κ3) is 2.64. The second kappa shape index (κ2) is 5.30. The molecule has 2 aromatic heterocycles. The van der Waals surface area contributed by atoms with Crippen LogP contribution in [0, 0.1) is 11.3 Å². The van der Waals surface area contributed by atoms with Gasteiger partial charge in [-0.15, -0.1) is 0 Å². The third-order valence-electron chi connectivity index (χ3n) is 2.79. The van der Waals surface area contributed by atoms with Gasteiger partial charge in [-0.2, -0.15) is 10.4 Å². The molecular formula is C14H10N6O. The molecule has 0 unspecified atom stereocenters. The van der Waals surface area contributed by atoms with E-state index in [0.29, 0.717) is 22.9 Å². The lowest BCUT2D eigenvalue weighted by Crippen LogP contribution is -1.95. The van der Waals surface area contributed by atoms with Gasteiger partial charge in [0, 0.05) is 11.6 Å². The van der Waals surface area contributed by atoms with Gasteiger partial charge in [-0.3, -0.25) is 5.10 Å². The third-order valence-corrected chi connectivity index (χ3v) is 2.79. The molecule has 3 aromatic rings. The van der Waals surface area contributed by atoms with Crippen LogP contribution in [0.25, 0.3) is 11.3 Å². The van der Waals surface area contributed by atoms with Gasteiger partial charge < -0.3 is 10.4 Å². The zero-order chi connectivity index (χ0) is 14.7. The van der Waals surface area contributed by atoms with Crippen LogP contribution >= 0.6 is 0 Å². The summed E-state index contributed by atoms with van der Waals surface area (Å²) in [5, 5.41) is 28.3. The summed E-state index contributed by atoms with van der Waals surface area (Å²) in [6.45, 7) is 0. The molecule has 102 valence electrons. The number of benzene rings is 1. The number of para-hydroxylation sites is 1. The lowest BCUT2D eigenvalue weighted by Gasteiger charge is -2.00. The number of aromatic hydroxyl groups is 1. The van der Waals surface area contributed by atoms with E-state index >= 15 is 0 Å². The van der Waals surface area contributed by atoms with Crippen molar-refractivity contribution in [1.82, 2.24) is 20.2 Å². The zero-order valence-electron chi connectivity index (χ0n) is 10.8. The van der Waals surface area contributed by atoms with Crippen LogP contribution in [-0.2, 0) is 0 Å². The molecule has 0 aliphatic heterocycles. The minimum absolute atomic E-state index is 0.172. The Morgan fingerprint density at radius 3 is 2.71 bits per heavy atom. The van der Waals surface area contributed by atoms with Crippen molar-refractivity contribution >= 4 is 11.6 Å². The van der Waals surface area contributed by atoms with Crippen molar-refractivity contribution in [2.24, 2.45) is 0 Å². The van der Waals surface area contributed by atoms with Crippen molar-refractivity contribution in [2.45, 2.75) is 0 Å². The molecule has 0 bridgehead atoms. The van der Waals surface area contributed by atoms with Crippen LogP contribution in [0.15, 0.2) is 42.7 Å². The molecule has 3 N–H and O–H groups in total. The van der Waals surface area contributed by atoms with Crippen LogP contribution in [0.3, 0.4) is 0 Å². The number of nitrogens with zero attached hydrogens (tertiary/aromatic N) is 4. The molecule has 7 nitrogen and oxygen atoms in total. The largest absolute Gasteiger partial charge is 0.507 e. The summed E-state index contributed by atoms with van der Waals surface area (Å²) in [4.78, 5) is 7.95. The number of nitrogens with one attached hydrogen (secondary N) is 2. The van der Waals surface area contributed by atoms with Crippen molar-refractivity contribution in [3.05, 3.63) is 48.4 Å². The van der Waals surface area contributed by atoms with Gasteiger partial charge in [-0.1, -0.05) is 12.1 Å². The van der Waals surface area contributed by atoms with Gasteiger partial charge in [-0.05, 0) is 12.1 Å². The average molecular weight is 278 g/mol. The van der Waals surface area contributed by atoms with Gasteiger partial charge in [0.2, 0.25) is 0 Å². The van der Waals surface area contributed by atoms with Crippen LogP contribution in [0.4, 0.5) is 11.6 Å². The van der Waals surface area contributed by atoms with E-state index in [0.717, 1.165) is 0 Å². The number of hydrogen-bond donors (Lipinski definition) is 3. The van der Waals surface area contributed by atoms with E-state index in [4.69, 9.17) is 5.26 Å². The topological polar surface area (TPSA) is 111 Å². The summed E-state index contributed by atoms with van der Waals surface area (Å²) in [5.41, 5.74) is 1.58. The van der Waals surface area contributed by atoms with Crippen molar-refractivity contribution in [3.63, 3.8) is 0 Å². The van der Waals surface area contributed by atoms with Gasteiger partial charge in [0.1, 0.15) is 17.6 Å². The SMILES string of the molecule is N#Cc1cnc(Nc2cc(-c3ccccc3O)[nH]n2)cn1. The van der Waals surface area contributed by atoms with Crippen LogP contribution in [0.2, 0.25) is 0 Å². The number of hydrogen-bond acceptors (Lipinski definition) is 6. The Bertz CT molecular complexity index is 803. The molecule has 0 saturated heterocycles. The summed E-state index contributed by atoms with van der Waals surface area (Å²) in [6.07, 6.45) is 2.83. The Kier molecular flexibility index (Phi) is 3.19. The van der Waals surface area contributed by atoms with Crippen LogP contribution in [-0.4, -0.2) is 25.3 Å². The van der Waals surface area contributed by atoms with Gasteiger partial charge in [0.05, 0.1) is 18.1 Å². The number of rotatable bonds is 3. The highest BCUT2D eigenvalue weighted by atomic mass is 16.3. The fourth-order valence-corrected chi connectivity index (χ4v) is 1.81. The molecule has 7 heteroatoms. The lowest BCUT2D eigenvalue weighted by molar-refractivity contribution is 0.477. The summed E-state index contributed by atoms with van der Waals surface area (Å²) >= 11 is 0. The fraction of sp³-hybridized carbons (Fsp3) is 0. The average Bonchev–Trinajstić information content (AvgIpc) is 2.97. The first-order chi connectivity index (χ1) is 10.3. The molecule has 0 spiro atoms. The van der Waals surface area contributed by atoms with E-state index in [1.165, 1.54) is 12.4 Å². The normalized spacial score (nSPS) is 10.0. The standard InChI is InChI=1S/C14H10N6O/c15-6-9-7-17-14(8-16-9)18-13-5-11(19-20-13)10-3-1-2-4-12(10)21/h1-5,7-8,21H,(H2,17,18,19,20). The maximum absolute atomic E-state index is 9.80. The highest BCUT2D eigenvalue weighted by Gasteiger charge is 2.08. The first kappa shape index (κ1) is 12.6. The summed E-state index contributed by atoms with van der Waals surface area (Å²) in [6, 6.07) is 10.6. The lowest BCUT2D eigenvalue weighted by atomic mass is 10.1. The molecule has 0 radical (unpaired) electrons. The van der Waals surface area contributed by atoms with Crippen molar-refractivity contribution < 1.29 is 5.11 Å². The smallest absolute Gasteiger partial charge is 0.158 e. The molecule has 0 atom stereocenters. The van der Waals surface area contributed by atoms with Gasteiger partial charge in [0.15, 0.2) is 11.5 Å². The number of aromatic amines is 1. The molecule has 0 fully saturated rings. The Labute approximate surface area is 119 Å². The first-order valence-electron chi connectivity index (χ1n) is 6.09. The van der Waals surface area contributed by atoms with Crippen LogP contribution < -0.4 is 5.32 Å². The predicted molar refractivity (Wildman–Crippen MR) is 75.7 cm³/mol. The van der Waals surface area contributed by atoms with E-state index in [9.17, 15) is 5.11 Å². The first-order valence-corrected chi connectivity index (χ1v) is 6.09. The Balaban J connectivity index is 1.82. The molecule has 0 aliphatic carbocycles. The fourth-order valence-electron chi connectivity index (χ4n) is 1.81. The minimum atomic E-state index is 0.172. The van der Waals surface area contributed by atoms with Gasteiger partial charge in [-0.25, -0.2) is 9.97 Å². The molecular weight excluding hydrogens is 268 g/mol. The summed E-state index contributed by atoms with van der Waals surface area (Å²) in [7, 11) is 0. The molecule has 2 heterocycles. The van der Waals surface area contributed by atoms with E-state index in [-0.39, 0.29) is 11.4 Å². The van der Waals surface area contributed by atoms with Gasteiger partial charge >= 0.3 is 0 Å². The number of aromatic nitrogens is 4. The molecule has 3 rings (SSSR count). The second-order valence-corrected chi connectivity index (χ2v) is 4.21. The Morgan fingerprint density at radius 2 is 2.00 bits per heavy atom. The number of phenols is 1. The van der Waals surface area contributed by atoms with Gasteiger partial charge in [0.25, 0.3) is 0 Å². The summed E-state index contributed by atoms with van der Waals surface area (Å²) in [5.74, 6) is 1.18. The Morgan fingerprint density at radius 1 is 1.14 bits per heavy atom. The number of nitriles is 1. The van der Waals surface area contributed by atoms with E-state index in [1.807, 2.05) is 12.1 Å². The maximum atomic E-state index is 9.80. The van der Waals surface area contributed by atoms with E-state index in [2.05, 4.69) is 25.5 Å². The minimum Gasteiger partial charge on any atom is -0.507 e. The quantitative estimate of drug-likeness (QED) is 0.677. The number of H-pyrrole nitrogens is 1. The van der Waals surface area contributed by atoms with E-state index < -0.39 is 0 Å². The summed E-state index contributed by atoms with van der Waals surface area (Å²) < 4.78 is 0. The zero-order valence-corrected chi connectivity index (χ0v) is 10.8. The second-order valence-electron chi connectivity index (χ2n) is 4.21. The van der Waals surface area contributed by atoms with Crippen molar-refractivity contribution in [1.29, 1.82) is 5.26 Å². The molecule has 0 aliphatic rings. The molecule has 0 amide bonds.